The van der Waals surface area contributed by atoms with E-state index in [0.29, 0.717) is 13.1 Å². The predicted molar refractivity (Wildman–Crippen MR) is 92.8 cm³/mol. The van der Waals surface area contributed by atoms with E-state index in [1.165, 1.54) is 16.4 Å². The quantitative estimate of drug-likeness (QED) is 0.419. The standard InChI is InChI=1S/C16H24FN3O3S/c17-14-7-5-13(6-8-14)11-23-12-15(21)19-9-3-1-2-4-10-20(24)16(18)22/h5-8,24H,1-4,9-12H2,(H2,18,22)(H,19,21). The average Bonchev–Trinajstić information content (AvgIpc) is 2.55. The third-order valence-corrected chi connectivity index (χ3v) is 3.69. The summed E-state index contributed by atoms with van der Waals surface area (Å²) in [7, 11) is 0. The minimum Gasteiger partial charge on any atom is -0.367 e. The summed E-state index contributed by atoms with van der Waals surface area (Å²) in [6.07, 6.45) is 3.55. The molecule has 0 radical (unpaired) electrons. The molecule has 0 aromatic heterocycles. The molecule has 0 spiro atoms. The fourth-order valence-corrected chi connectivity index (χ4v) is 2.11. The molecule has 3 N–H and O–H groups in total. The first kappa shape index (κ1) is 20.2. The van der Waals surface area contributed by atoms with Gasteiger partial charge in [-0.25, -0.2) is 9.18 Å². The van der Waals surface area contributed by atoms with Crippen LogP contribution < -0.4 is 11.1 Å². The smallest absolute Gasteiger partial charge is 0.324 e. The number of primary amides is 1. The lowest BCUT2D eigenvalue weighted by Crippen LogP contribution is -2.29. The van der Waals surface area contributed by atoms with Crippen molar-refractivity contribution in [2.45, 2.75) is 32.3 Å². The van der Waals surface area contributed by atoms with Gasteiger partial charge in [-0.1, -0.05) is 37.8 Å². The minimum atomic E-state index is -0.550. The monoisotopic (exact) mass is 357 g/mol. The summed E-state index contributed by atoms with van der Waals surface area (Å²) in [6, 6.07) is 5.41. The molecule has 1 aromatic carbocycles. The van der Waals surface area contributed by atoms with Crippen LogP contribution in [-0.4, -0.2) is 35.9 Å². The zero-order chi connectivity index (χ0) is 17.8. The van der Waals surface area contributed by atoms with Gasteiger partial charge in [0.2, 0.25) is 5.91 Å². The molecule has 134 valence electrons. The van der Waals surface area contributed by atoms with Gasteiger partial charge >= 0.3 is 6.03 Å². The number of benzene rings is 1. The maximum absolute atomic E-state index is 12.7. The summed E-state index contributed by atoms with van der Waals surface area (Å²) in [6.45, 7) is 1.35. The molecular weight excluding hydrogens is 333 g/mol. The van der Waals surface area contributed by atoms with Gasteiger partial charge in [-0.3, -0.25) is 9.10 Å². The molecule has 6 nitrogen and oxygen atoms in total. The maximum atomic E-state index is 12.7. The molecular formula is C16H24FN3O3S. The number of carbonyl (C=O) groups is 2. The number of halogens is 1. The second kappa shape index (κ2) is 11.7. The fourth-order valence-electron chi connectivity index (χ4n) is 1.97. The summed E-state index contributed by atoms with van der Waals surface area (Å²) in [5.74, 6) is -0.472. The molecule has 1 aromatic rings. The van der Waals surface area contributed by atoms with Crippen molar-refractivity contribution >= 4 is 24.8 Å². The highest BCUT2D eigenvalue weighted by molar-refractivity contribution is 7.78. The van der Waals surface area contributed by atoms with E-state index in [-0.39, 0.29) is 24.9 Å². The lowest BCUT2D eigenvalue weighted by molar-refractivity contribution is -0.126. The average molecular weight is 357 g/mol. The Morgan fingerprint density at radius 1 is 1.17 bits per heavy atom. The number of urea groups is 1. The molecule has 0 atom stereocenters. The topological polar surface area (TPSA) is 84.7 Å². The second-order valence-electron chi connectivity index (χ2n) is 5.34. The van der Waals surface area contributed by atoms with Crippen molar-refractivity contribution in [1.82, 2.24) is 9.62 Å². The number of carbonyl (C=O) groups excluding carboxylic acids is 2. The van der Waals surface area contributed by atoms with Crippen molar-refractivity contribution in [3.05, 3.63) is 35.6 Å². The van der Waals surface area contributed by atoms with Crippen molar-refractivity contribution in [3.63, 3.8) is 0 Å². The molecule has 1 rings (SSSR count). The van der Waals surface area contributed by atoms with Crippen LogP contribution in [0.1, 0.15) is 31.2 Å². The van der Waals surface area contributed by atoms with Crippen molar-refractivity contribution < 1.29 is 18.7 Å². The molecule has 0 saturated carbocycles. The van der Waals surface area contributed by atoms with Crippen LogP contribution in [-0.2, 0) is 16.1 Å². The van der Waals surface area contributed by atoms with Crippen molar-refractivity contribution in [2.75, 3.05) is 19.7 Å². The van der Waals surface area contributed by atoms with Crippen molar-refractivity contribution in [2.24, 2.45) is 5.73 Å². The molecule has 0 aliphatic heterocycles. The van der Waals surface area contributed by atoms with E-state index in [4.69, 9.17) is 10.5 Å². The van der Waals surface area contributed by atoms with E-state index in [2.05, 4.69) is 18.1 Å². The van der Waals surface area contributed by atoms with Crippen molar-refractivity contribution in [3.8, 4) is 0 Å². The molecule has 0 aliphatic rings. The van der Waals surface area contributed by atoms with E-state index in [1.54, 1.807) is 12.1 Å². The first-order chi connectivity index (χ1) is 11.5. The number of hydrogen-bond donors (Lipinski definition) is 3. The van der Waals surface area contributed by atoms with Crippen LogP contribution in [0.15, 0.2) is 24.3 Å². The normalized spacial score (nSPS) is 10.4. The zero-order valence-corrected chi connectivity index (χ0v) is 14.4. The van der Waals surface area contributed by atoms with Gasteiger partial charge in [-0.2, -0.15) is 0 Å². The molecule has 0 unspecified atom stereocenters. The zero-order valence-electron chi connectivity index (χ0n) is 13.5. The number of thiol groups is 1. The van der Waals surface area contributed by atoms with Gasteiger partial charge in [0.05, 0.1) is 6.61 Å². The van der Waals surface area contributed by atoms with E-state index >= 15 is 0 Å². The largest absolute Gasteiger partial charge is 0.367 e. The molecule has 8 heteroatoms. The van der Waals surface area contributed by atoms with Gasteiger partial charge in [0.15, 0.2) is 0 Å². The predicted octanol–water partition coefficient (Wildman–Crippen LogP) is 2.24. The van der Waals surface area contributed by atoms with Crippen LogP contribution >= 0.6 is 12.8 Å². The van der Waals surface area contributed by atoms with E-state index in [0.717, 1.165) is 31.2 Å². The van der Waals surface area contributed by atoms with Gasteiger partial charge in [-0.05, 0) is 30.5 Å². The van der Waals surface area contributed by atoms with E-state index < -0.39 is 6.03 Å². The summed E-state index contributed by atoms with van der Waals surface area (Å²) in [5, 5.41) is 2.77. The lowest BCUT2D eigenvalue weighted by atomic mass is 10.2. The molecule has 0 bridgehead atoms. The highest BCUT2D eigenvalue weighted by Crippen LogP contribution is 2.04. The fraction of sp³-hybridized carbons (Fsp3) is 0.500. The highest BCUT2D eigenvalue weighted by Gasteiger charge is 2.04. The molecule has 0 saturated heterocycles. The molecule has 0 aliphatic carbocycles. The molecule has 3 amide bonds. The van der Waals surface area contributed by atoms with Gasteiger partial charge in [-0.15, -0.1) is 0 Å². The Morgan fingerprint density at radius 2 is 1.83 bits per heavy atom. The number of nitrogens with two attached hydrogens (primary N) is 1. The number of hydrogen-bond acceptors (Lipinski definition) is 4. The minimum absolute atomic E-state index is 0.0232. The number of unbranched alkanes of at least 4 members (excludes halogenated alkanes) is 3. The number of rotatable bonds is 11. The Balaban J connectivity index is 1.96. The van der Waals surface area contributed by atoms with Crippen LogP contribution in [0.25, 0.3) is 0 Å². The Morgan fingerprint density at radius 3 is 2.50 bits per heavy atom. The van der Waals surface area contributed by atoms with Gasteiger partial charge in [0, 0.05) is 13.1 Å². The molecule has 0 heterocycles. The summed E-state index contributed by atoms with van der Waals surface area (Å²) < 4.78 is 19.2. The third-order valence-electron chi connectivity index (χ3n) is 3.29. The summed E-state index contributed by atoms with van der Waals surface area (Å²) >= 11 is 3.93. The highest BCUT2D eigenvalue weighted by atomic mass is 32.1. The van der Waals surface area contributed by atoms with Crippen LogP contribution in [0.3, 0.4) is 0 Å². The van der Waals surface area contributed by atoms with Crippen LogP contribution in [0.4, 0.5) is 9.18 Å². The third kappa shape index (κ3) is 9.36. The first-order valence-electron chi connectivity index (χ1n) is 7.84. The van der Waals surface area contributed by atoms with E-state index in [9.17, 15) is 14.0 Å². The molecule has 0 fully saturated rings. The van der Waals surface area contributed by atoms with E-state index in [1.807, 2.05) is 0 Å². The SMILES string of the molecule is NC(=O)N(S)CCCCCCNC(=O)COCc1ccc(F)cc1. The Bertz CT molecular complexity index is 514. The Hall–Kier alpha value is -1.80. The van der Waals surface area contributed by atoms with Crippen LogP contribution in [0, 0.1) is 5.82 Å². The maximum Gasteiger partial charge on any atom is 0.324 e. The van der Waals surface area contributed by atoms with Gasteiger partial charge < -0.3 is 15.8 Å². The molecule has 24 heavy (non-hydrogen) atoms. The first-order valence-corrected chi connectivity index (χ1v) is 8.24. The van der Waals surface area contributed by atoms with Crippen molar-refractivity contribution in [1.29, 1.82) is 0 Å². The van der Waals surface area contributed by atoms with Gasteiger partial charge in [0.1, 0.15) is 12.4 Å². The Kier molecular flexibility index (Phi) is 9.86. The Labute approximate surface area is 147 Å². The van der Waals surface area contributed by atoms with Crippen LogP contribution in [0.2, 0.25) is 0 Å². The van der Waals surface area contributed by atoms with Crippen LogP contribution in [0.5, 0.6) is 0 Å². The lowest BCUT2D eigenvalue weighted by Gasteiger charge is -2.11. The number of nitrogens with zero attached hydrogens (tertiary/aromatic N) is 1. The number of nitrogens with one attached hydrogen (secondary N) is 1. The summed E-state index contributed by atoms with van der Waals surface area (Å²) in [4.78, 5) is 22.3. The number of ether oxygens (including phenoxy) is 1. The second-order valence-corrected chi connectivity index (χ2v) is 5.83. The number of amides is 3. The summed E-state index contributed by atoms with van der Waals surface area (Å²) in [5.41, 5.74) is 5.87. The van der Waals surface area contributed by atoms with Gasteiger partial charge in [0.25, 0.3) is 0 Å².